The number of H-pyrrole nitrogens is 1. The van der Waals surface area contributed by atoms with Crippen molar-refractivity contribution in [2.24, 2.45) is 0 Å². The number of benzene rings is 2. The zero-order chi connectivity index (χ0) is 16.6. The number of pyridine rings is 1. The number of hydrogen-bond donors (Lipinski definition) is 1. The minimum Gasteiger partial charge on any atom is -0.465 e. The summed E-state index contributed by atoms with van der Waals surface area (Å²) in [6, 6.07) is 9.53. The van der Waals surface area contributed by atoms with Crippen LogP contribution in [0.3, 0.4) is 0 Å². The highest BCUT2D eigenvalue weighted by Crippen LogP contribution is 2.30. The molecule has 1 aromatic heterocycles. The summed E-state index contributed by atoms with van der Waals surface area (Å²) in [6.07, 6.45) is 0. The Morgan fingerprint density at radius 2 is 1.74 bits per heavy atom. The monoisotopic (exact) mass is 315 g/mol. The van der Waals surface area contributed by atoms with E-state index in [9.17, 15) is 18.4 Å². The van der Waals surface area contributed by atoms with E-state index in [0.29, 0.717) is 10.9 Å². The summed E-state index contributed by atoms with van der Waals surface area (Å²) in [4.78, 5) is 26.8. The summed E-state index contributed by atoms with van der Waals surface area (Å²) in [5, 5.41) is 0.484. The number of aromatic amines is 1. The largest absolute Gasteiger partial charge is 0.465 e. The lowest BCUT2D eigenvalue weighted by Gasteiger charge is -2.11. The van der Waals surface area contributed by atoms with Gasteiger partial charge < -0.3 is 9.72 Å². The number of methoxy groups -OCH3 is 1. The number of ether oxygens (including phenoxy) is 1. The van der Waals surface area contributed by atoms with Gasteiger partial charge in [-0.2, -0.15) is 0 Å². The molecule has 1 N–H and O–H groups in total. The van der Waals surface area contributed by atoms with E-state index in [2.05, 4.69) is 9.72 Å². The molecule has 6 heteroatoms. The van der Waals surface area contributed by atoms with E-state index in [4.69, 9.17) is 0 Å². The fraction of sp³-hybridized carbons (Fsp3) is 0.0588. The molecule has 0 aliphatic rings. The second-order valence-corrected chi connectivity index (χ2v) is 4.90. The van der Waals surface area contributed by atoms with Gasteiger partial charge in [0.25, 0.3) is 5.56 Å². The number of aromatic nitrogens is 1. The Morgan fingerprint density at radius 1 is 1.09 bits per heavy atom. The maximum absolute atomic E-state index is 13.6. The predicted octanol–water partition coefficient (Wildman–Crippen LogP) is 3.26. The van der Waals surface area contributed by atoms with E-state index >= 15 is 0 Å². The Kier molecular flexibility index (Phi) is 3.65. The van der Waals surface area contributed by atoms with Gasteiger partial charge in [-0.15, -0.1) is 0 Å². The lowest BCUT2D eigenvalue weighted by Crippen LogP contribution is -2.20. The molecule has 0 unspecified atom stereocenters. The van der Waals surface area contributed by atoms with E-state index in [-0.39, 0.29) is 16.7 Å². The second kappa shape index (κ2) is 5.64. The van der Waals surface area contributed by atoms with Crippen LogP contribution in [-0.4, -0.2) is 18.1 Å². The van der Waals surface area contributed by atoms with Crippen LogP contribution < -0.4 is 5.56 Å². The summed E-state index contributed by atoms with van der Waals surface area (Å²) in [7, 11) is 1.13. The van der Waals surface area contributed by atoms with Crippen molar-refractivity contribution in [2.45, 2.75) is 0 Å². The number of rotatable bonds is 2. The summed E-state index contributed by atoms with van der Waals surface area (Å²) in [5.41, 5.74) is -0.309. The van der Waals surface area contributed by atoms with Crippen LogP contribution in [0, 0.1) is 11.6 Å². The van der Waals surface area contributed by atoms with Gasteiger partial charge in [-0.3, -0.25) is 4.79 Å². The SMILES string of the molecule is COC(=O)c1c(-c2cc(F)cc(F)c2)c2ccccc2[nH]c1=O. The molecule has 0 radical (unpaired) electrons. The van der Waals surface area contributed by atoms with Crippen molar-refractivity contribution in [3.05, 3.63) is 70.0 Å². The highest BCUT2D eigenvalue weighted by atomic mass is 19.1. The molecule has 116 valence electrons. The van der Waals surface area contributed by atoms with Gasteiger partial charge in [0.05, 0.1) is 7.11 Å². The van der Waals surface area contributed by atoms with Crippen molar-refractivity contribution >= 4 is 16.9 Å². The summed E-state index contributed by atoms with van der Waals surface area (Å²) >= 11 is 0. The van der Waals surface area contributed by atoms with Gasteiger partial charge in [0.15, 0.2) is 0 Å². The summed E-state index contributed by atoms with van der Waals surface area (Å²) in [5.74, 6) is -2.49. The molecule has 0 saturated carbocycles. The van der Waals surface area contributed by atoms with Crippen molar-refractivity contribution in [1.29, 1.82) is 0 Å². The van der Waals surface area contributed by atoms with Crippen LogP contribution >= 0.6 is 0 Å². The number of carbonyl (C=O) groups excluding carboxylic acids is 1. The molecule has 0 spiro atoms. The van der Waals surface area contributed by atoms with Gasteiger partial charge in [0, 0.05) is 22.5 Å². The zero-order valence-electron chi connectivity index (χ0n) is 12.0. The third kappa shape index (κ3) is 2.59. The first-order valence-corrected chi connectivity index (χ1v) is 6.71. The number of esters is 1. The Labute approximate surface area is 129 Å². The third-order valence-corrected chi connectivity index (χ3v) is 3.46. The third-order valence-electron chi connectivity index (χ3n) is 3.46. The first-order valence-electron chi connectivity index (χ1n) is 6.71. The van der Waals surface area contributed by atoms with Crippen LogP contribution in [0.25, 0.3) is 22.0 Å². The number of halogens is 2. The van der Waals surface area contributed by atoms with Crippen molar-refractivity contribution in [3.8, 4) is 11.1 Å². The van der Waals surface area contributed by atoms with Gasteiger partial charge >= 0.3 is 5.97 Å². The maximum Gasteiger partial charge on any atom is 0.344 e. The van der Waals surface area contributed by atoms with E-state index in [0.717, 1.165) is 25.3 Å². The van der Waals surface area contributed by atoms with Gasteiger partial charge in [-0.05, 0) is 23.8 Å². The molecule has 2 aromatic carbocycles. The Hall–Kier alpha value is -3.02. The standard InChI is InChI=1S/C17H11F2NO3/c1-23-17(22)15-14(9-6-10(18)8-11(19)7-9)12-4-2-3-5-13(12)20-16(15)21/h2-8H,1H3,(H,20,21). The Balaban J connectivity index is 2.49. The number of nitrogens with one attached hydrogen (secondary N) is 1. The molecule has 23 heavy (non-hydrogen) atoms. The van der Waals surface area contributed by atoms with Crippen molar-refractivity contribution in [2.75, 3.05) is 7.11 Å². The van der Waals surface area contributed by atoms with E-state index in [1.807, 2.05) is 0 Å². The highest BCUT2D eigenvalue weighted by Gasteiger charge is 2.22. The average molecular weight is 315 g/mol. The molecular formula is C17H11F2NO3. The normalized spacial score (nSPS) is 10.7. The molecule has 0 aliphatic heterocycles. The summed E-state index contributed by atoms with van der Waals surface area (Å²) in [6.45, 7) is 0. The topological polar surface area (TPSA) is 59.2 Å². The van der Waals surface area contributed by atoms with Gasteiger partial charge in [0.2, 0.25) is 0 Å². The minimum absolute atomic E-state index is 0.0881. The molecule has 3 aromatic rings. The van der Waals surface area contributed by atoms with Crippen LogP contribution in [0.2, 0.25) is 0 Å². The van der Waals surface area contributed by atoms with Crippen LogP contribution in [0.15, 0.2) is 47.3 Å². The molecule has 0 saturated heterocycles. The number of hydrogen-bond acceptors (Lipinski definition) is 3. The summed E-state index contributed by atoms with van der Waals surface area (Å²) < 4.78 is 31.8. The molecule has 0 bridgehead atoms. The molecular weight excluding hydrogens is 304 g/mol. The molecule has 0 atom stereocenters. The molecule has 0 aliphatic carbocycles. The average Bonchev–Trinajstić information content (AvgIpc) is 2.51. The quantitative estimate of drug-likeness (QED) is 0.738. The minimum atomic E-state index is -0.878. The van der Waals surface area contributed by atoms with Crippen molar-refractivity contribution in [1.82, 2.24) is 4.98 Å². The van der Waals surface area contributed by atoms with E-state index in [1.54, 1.807) is 24.3 Å². The highest BCUT2D eigenvalue weighted by molar-refractivity contribution is 6.06. The lowest BCUT2D eigenvalue weighted by molar-refractivity contribution is 0.0600. The van der Waals surface area contributed by atoms with Crippen molar-refractivity contribution in [3.63, 3.8) is 0 Å². The van der Waals surface area contributed by atoms with Crippen LogP contribution in [0.5, 0.6) is 0 Å². The molecule has 1 heterocycles. The lowest BCUT2D eigenvalue weighted by atomic mass is 9.96. The van der Waals surface area contributed by atoms with Crippen LogP contribution in [0.1, 0.15) is 10.4 Å². The first kappa shape index (κ1) is 14.9. The van der Waals surface area contributed by atoms with Gasteiger partial charge in [0.1, 0.15) is 17.2 Å². The van der Waals surface area contributed by atoms with Crippen LogP contribution in [-0.2, 0) is 4.74 Å². The smallest absolute Gasteiger partial charge is 0.344 e. The fourth-order valence-corrected chi connectivity index (χ4v) is 2.54. The predicted molar refractivity (Wildman–Crippen MR) is 81.3 cm³/mol. The molecule has 4 nitrogen and oxygen atoms in total. The number of para-hydroxylation sites is 1. The van der Waals surface area contributed by atoms with E-state index < -0.39 is 23.2 Å². The van der Waals surface area contributed by atoms with Gasteiger partial charge in [-0.25, -0.2) is 13.6 Å². The van der Waals surface area contributed by atoms with Crippen LogP contribution in [0.4, 0.5) is 8.78 Å². The molecule has 0 fully saturated rings. The molecule has 3 rings (SSSR count). The van der Waals surface area contributed by atoms with Crippen molar-refractivity contribution < 1.29 is 18.3 Å². The fourth-order valence-electron chi connectivity index (χ4n) is 2.54. The van der Waals surface area contributed by atoms with Gasteiger partial charge in [-0.1, -0.05) is 18.2 Å². The second-order valence-electron chi connectivity index (χ2n) is 4.90. The number of carbonyl (C=O) groups is 1. The molecule has 0 amide bonds. The Bertz CT molecular complexity index is 959. The van der Waals surface area contributed by atoms with E-state index in [1.165, 1.54) is 0 Å². The maximum atomic E-state index is 13.6. The first-order chi connectivity index (χ1) is 11.0. The number of fused-ring (bicyclic) bond motifs is 1. The zero-order valence-corrected chi connectivity index (χ0v) is 12.0. The Morgan fingerprint density at radius 3 is 2.39 bits per heavy atom.